The molecule has 1 aliphatic rings. The molecule has 1 heterocycles. The molecule has 4 nitrogen and oxygen atoms in total. The Hall–Kier alpha value is -0.770. The van der Waals surface area contributed by atoms with E-state index in [4.69, 9.17) is 4.74 Å². The van der Waals surface area contributed by atoms with Crippen LogP contribution < -0.4 is 0 Å². The Labute approximate surface area is 78.5 Å². The van der Waals surface area contributed by atoms with Crippen molar-refractivity contribution in [3.05, 3.63) is 0 Å². The van der Waals surface area contributed by atoms with Crippen LogP contribution in [0.1, 0.15) is 26.2 Å². The Bertz CT molecular complexity index is 172. The number of aliphatic hydroxyl groups is 1. The van der Waals surface area contributed by atoms with E-state index in [2.05, 4.69) is 0 Å². The zero-order valence-corrected chi connectivity index (χ0v) is 8.03. The van der Waals surface area contributed by atoms with Crippen LogP contribution in [0.15, 0.2) is 0 Å². The third-order valence-corrected chi connectivity index (χ3v) is 2.20. The van der Waals surface area contributed by atoms with Crippen LogP contribution in [0, 0.1) is 0 Å². The summed E-state index contributed by atoms with van der Waals surface area (Å²) < 4.78 is 4.76. The molecule has 4 heteroatoms. The lowest BCUT2D eigenvalue weighted by molar-refractivity contribution is 0.131. The summed E-state index contributed by atoms with van der Waals surface area (Å²) in [5, 5.41) is 9.42. The minimum Gasteiger partial charge on any atom is -0.448 e. The number of carbonyl (C=O) groups is 1. The van der Waals surface area contributed by atoms with Crippen LogP contribution in [0.4, 0.5) is 4.79 Å². The average Bonchev–Trinajstić information content (AvgIpc) is 2.48. The fourth-order valence-electron chi connectivity index (χ4n) is 1.41. The second kappa shape index (κ2) is 5.07. The van der Waals surface area contributed by atoms with E-state index in [9.17, 15) is 9.90 Å². The molecule has 0 spiro atoms. The highest BCUT2D eigenvalue weighted by Crippen LogP contribution is 2.07. The number of hydrogen-bond acceptors (Lipinski definition) is 3. The first kappa shape index (κ1) is 10.3. The first-order valence-electron chi connectivity index (χ1n) is 4.83. The van der Waals surface area contributed by atoms with Crippen molar-refractivity contribution in [1.29, 1.82) is 0 Å². The third-order valence-electron chi connectivity index (χ3n) is 2.20. The Kier molecular flexibility index (Phi) is 4.02. The number of cyclic esters (lactones) is 1. The summed E-state index contributed by atoms with van der Waals surface area (Å²) >= 11 is 0. The molecule has 0 bridgehead atoms. The molecule has 1 amide bonds. The van der Waals surface area contributed by atoms with Crippen molar-refractivity contribution in [2.45, 2.75) is 32.3 Å². The predicted molar refractivity (Wildman–Crippen MR) is 48.5 cm³/mol. The number of rotatable bonds is 5. The van der Waals surface area contributed by atoms with Gasteiger partial charge in [0.05, 0.1) is 12.6 Å². The van der Waals surface area contributed by atoms with Crippen LogP contribution in [-0.2, 0) is 4.74 Å². The van der Waals surface area contributed by atoms with Gasteiger partial charge in [0, 0.05) is 6.54 Å². The highest BCUT2D eigenvalue weighted by molar-refractivity contribution is 5.69. The number of aliphatic hydroxyl groups excluding tert-OH is 1. The van der Waals surface area contributed by atoms with E-state index < -0.39 is 0 Å². The first-order chi connectivity index (χ1) is 6.24. The van der Waals surface area contributed by atoms with Gasteiger partial charge in [0.1, 0.15) is 6.61 Å². The molecular formula is C9H17NO3. The van der Waals surface area contributed by atoms with Crippen LogP contribution in [-0.4, -0.2) is 41.9 Å². The highest BCUT2D eigenvalue weighted by Gasteiger charge is 2.21. The van der Waals surface area contributed by atoms with Gasteiger partial charge < -0.3 is 14.7 Å². The molecular weight excluding hydrogens is 170 g/mol. The second-order valence-corrected chi connectivity index (χ2v) is 3.33. The van der Waals surface area contributed by atoms with Gasteiger partial charge in [-0.1, -0.05) is 13.3 Å². The smallest absolute Gasteiger partial charge is 0.409 e. The van der Waals surface area contributed by atoms with E-state index in [1.54, 1.807) is 4.90 Å². The largest absolute Gasteiger partial charge is 0.448 e. The van der Waals surface area contributed by atoms with Crippen LogP contribution in [0.5, 0.6) is 0 Å². The Morgan fingerprint density at radius 3 is 2.92 bits per heavy atom. The standard InChI is InChI=1S/C9H17NO3/c1-2-3-8(11)4-5-10-6-7-13-9(10)12/h8,11H,2-7H2,1H3. The Balaban J connectivity index is 2.14. The lowest BCUT2D eigenvalue weighted by Gasteiger charge is -2.15. The quantitative estimate of drug-likeness (QED) is 0.698. The van der Waals surface area contributed by atoms with Crippen LogP contribution in [0.2, 0.25) is 0 Å². The van der Waals surface area contributed by atoms with Crippen molar-refractivity contribution >= 4 is 6.09 Å². The molecule has 13 heavy (non-hydrogen) atoms. The topological polar surface area (TPSA) is 49.8 Å². The molecule has 0 aromatic rings. The molecule has 0 aromatic heterocycles. The van der Waals surface area contributed by atoms with E-state index in [0.717, 1.165) is 12.8 Å². The molecule has 1 saturated heterocycles. The van der Waals surface area contributed by atoms with Crippen LogP contribution in [0.25, 0.3) is 0 Å². The number of ether oxygens (including phenoxy) is 1. The lowest BCUT2D eigenvalue weighted by atomic mass is 10.1. The maximum absolute atomic E-state index is 11.0. The molecule has 76 valence electrons. The lowest BCUT2D eigenvalue weighted by Crippen LogP contribution is -2.28. The summed E-state index contributed by atoms with van der Waals surface area (Å²) in [6.45, 7) is 3.80. The summed E-state index contributed by atoms with van der Waals surface area (Å²) in [6.07, 6.45) is 1.92. The molecule has 1 rings (SSSR count). The van der Waals surface area contributed by atoms with E-state index in [0.29, 0.717) is 26.1 Å². The summed E-state index contributed by atoms with van der Waals surface area (Å²) in [6, 6.07) is 0. The molecule has 0 saturated carbocycles. The minimum absolute atomic E-state index is 0.247. The van der Waals surface area contributed by atoms with E-state index in [-0.39, 0.29) is 12.2 Å². The number of hydrogen-bond donors (Lipinski definition) is 1. The molecule has 0 aromatic carbocycles. The summed E-state index contributed by atoms with van der Waals surface area (Å²) in [4.78, 5) is 12.6. The maximum atomic E-state index is 11.0. The fraction of sp³-hybridized carbons (Fsp3) is 0.889. The molecule has 1 fully saturated rings. The van der Waals surface area contributed by atoms with Crippen molar-refractivity contribution in [1.82, 2.24) is 4.90 Å². The van der Waals surface area contributed by atoms with Gasteiger partial charge in [-0.3, -0.25) is 0 Å². The average molecular weight is 187 g/mol. The zero-order chi connectivity index (χ0) is 9.68. The summed E-state index contributed by atoms with van der Waals surface area (Å²) in [5.74, 6) is 0. The number of carbonyl (C=O) groups excluding carboxylic acids is 1. The summed E-state index contributed by atoms with van der Waals surface area (Å²) in [5.41, 5.74) is 0. The normalized spacial score (nSPS) is 18.9. The van der Waals surface area contributed by atoms with Gasteiger partial charge in [0.15, 0.2) is 0 Å². The van der Waals surface area contributed by atoms with Crippen molar-refractivity contribution in [3.63, 3.8) is 0 Å². The van der Waals surface area contributed by atoms with Crippen molar-refractivity contribution in [3.8, 4) is 0 Å². The minimum atomic E-state index is -0.279. The van der Waals surface area contributed by atoms with Gasteiger partial charge in [0.2, 0.25) is 0 Å². The monoisotopic (exact) mass is 187 g/mol. The molecule has 1 aliphatic heterocycles. The van der Waals surface area contributed by atoms with Crippen molar-refractivity contribution < 1.29 is 14.6 Å². The SMILES string of the molecule is CCCC(O)CCN1CCOC1=O. The van der Waals surface area contributed by atoms with Gasteiger partial charge in [-0.25, -0.2) is 4.79 Å². The molecule has 0 aliphatic carbocycles. The van der Waals surface area contributed by atoms with Crippen LogP contribution >= 0.6 is 0 Å². The van der Waals surface area contributed by atoms with Crippen molar-refractivity contribution in [2.24, 2.45) is 0 Å². The fourth-order valence-corrected chi connectivity index (χ4v) is 1.41. The zero-order valence-electron chi connectivity index (χ0n) is 8.03. The summed E-state index contributed by atoms with van der Waals surface area (Å²) in [7, 11) is 0. The van der Waals surface area contributed by atoms with E-state index in [1.165, 1.54) is 0 Å². The Morgan fingerprint density at radius 1 is 1.62 bits per heavy atom. The maximum Gasteiger partial charge on any atom is 0.409 e. The predicted octanol–water partition coefficient (Wildman–Crippen LogP) is 0.990. The molecule has 1 unspecified atom stereocenters. The van der Waals surface area contributed by atoms with E-state index >= 15 is 0 Å². The molecule has 1 atom stereocenters. The molecule has 1 N–H and O–H groups in total. The van der Waals surface area contributed by atoms with Gasteiger partial charge in [-0.15, -0.1) is 0 Å². The van der Waals surface area contributed by atoms with Gasteiger partial charge in [-0.05, 0) is 12.8 Å². The number of amides is 1. The first-order valence-corrected chi connectivity index (χ1v) is 4.83. The van der Waals surface area contributed by atoms with Gasteiger partial charge >= 0.3 is 6.09 Å². The van der Waals surface area contributed by atoms with Crippen molar-refractivity contribution in [2.75, 3.05) is 19.7 Å². The highest BCUT2D eigenvalue weighted by atomic mass is 16.6. The van der Waals surface area contributed by atoms with Gasteiger partial charge in [0.25, 0.3) is 0 Å². The Morgan fingerprint density at radius 2 is 2.38 bits per heavy atom. The molecule has 0 radical (unpaired) electrons. The van der Waals surface area contributed by atoms with Crippen LogP contribution in [0.3, 0.4) is 0 Å². The van der Waals surface area contributed by atoms with Gasteiger partial charge in [-0.2, -0.15) is 0 Å². The second-order valence-electron chi connectivity index (χ2n) is 3.33. The number of nitrogens with zero attached hydrogens (tertiary/aromatic N) is 1. The third kappa shape index (κ3) is 3.22. The van der Waals surface area contributed by atoms with E-state index in [1.807, 2.05) is 6.92 Å².